The molecule has 0 atom stereocenters. The van der Waals surface area contributed by atoms with Crippen LogP contribution in [0.4, 0.5) is 11.6 Å². The number of nitrogens with zero attached hydrogens (tertiary/aromatic N) is 4. The third-order valence-corrected chi connectivity index (χ3v) is 6.02. The zero-order valence-electron chi connectivity index (χ0n) is 17.3. The quantitative estimate of drug-likeness (QED) is 0.403. The van der Waals surface area contributed by atoms with Crippen LogP contribution in [0.3, 0.4) is 0 Å². The van der Waals surface area contributed by atoms with Gasteiger partial charge in [0.15, 0.2) is 11.5 Å². The second-order valence-corrected chi connectivity index (χ2v) is 8.42. The van der Waals surface area contributed by atoms with Crippen LogP contribution in [0.5, 0.6) is 0 Å². The summed E-state index contributed by atoms with van der Waals surface area (Å²) in [6.07, 6.45) is 11.9. The molecule has 1 saturated carbocycles. The Morgan fingerprint density at radius 3 is 2.68 bits per heavy atom. The van der Waals surface area contributed by atoms with Crippen LogP contribution >= 0.6 is 11.6 Å². The fraction of sp³-hybridized carbons (Fsp3) is 0.292. The van der Waals surface area contributed by atoms with Crippen LogP contribution < -0.4 is 10.6 Å². The molecule has 0 unspecified atom stereocenters. The number of aromatic nitrogens is 4. The van der Waals surface area contributed by atoms with E-state index in [0.717, 1.165) is 39.3 Å². The zero-order valence-corrected chi connectivity index (χ0v) is 18.0. The maximum atomic E-state index is 5.97. The normalized spacial score (nSPS) is 14.6. The maximum Gasteiger partial charge on any atom is 0.180 e. The van der Waals surface area contributed by atoms with Gasteiger partial charge in [0.1, 0.15) is 5.82 Å². The molecule has 3 aromatic heterocycles. The summed E-state index contributed by atoms with van der Waals surface area (Å²) in [6.45, 7) is 0.681. The van der Waals surface area contributed by atoms with Crippen LogP contribution in [-0.4, -0.2) is 25.4 Å². The van der Waals surface area contributed by atoms with Gasteiger partial charge in [-0.1, -0.05) is 49.1 Å². The second-order valence-electron chi connectivity index (χ2n) is 7.98. The van der Waals surface area contributed by atoms with Crippen molar-refractivity contribution in [1.29, 1.82) is 0 Å². The van der Waals surface area contributed by atoms with E-state index in [1.54, 1.807) is 0 Å². The number of hydrogen-bond acceptors (Lipinski definition) is 5. The van der Waals surface area contributed by atoms with E-state index in [2.05, 4.69) is 25.0 Å². The molecule has 0 bridgehead atoms. The fourth-order valence-electron chi connectivity index (χ4n) is 4.12. The van der Waals surface area contributed by atoms with E-state index in [4.69, 9.17) is 16.6 Å². The Morgan fingerprint density at radius 2 is 1.84 bits per heavy atom. The van der Waals surface area contributed by atoms with Crippen molar-refractivity contribution in [2.75, 3.05) is 10.6 Å². The fourth-order valence-corrected chi connectivity index (χ4v) is 4.25. The van der Waals surface area contributed by atoms with Crippen molar-refractivity contribution in [3.8, 4) is 11.4 Å². The second kappa shape index (κ2) is 8.94. The molecular weight excluding hydrogens is 408 g/mol. The first-order valence-electron chi connectivity index (χ1n) is 10.8. The first-order valence-corrected chi connectivity index (χ1v) is 11.2. The summed E-state index contributed by atoms with van der Waals surface area (Å²) in [4.78, 5) is 14.0. The minimum absolute atomic E-state index is 0.478. The van der Waals surface area contributed by atoms with E-state index in [-0.39, 0.29) is 0 Å². The van der Waals surface area contributed by atoms with Crippen molar-refractivity contribution in [3.05, 3.63) is 71.6 Å². The lowest BCUT2D eigenvalue weighted by Gasteiger charge is -2.23. The van der Waals surface area contributed by atoms with E-state index >= 15 is 0 Å². The number of imidazole rings is 1. The lowest BCUT2D eigenvalue weighted by atomic mass is 9.95. The highest BCUT2D eigenvalue weighted by Crippen LogP contribution is 2.26. The van der Waals surface area contributed by atoms with Crippen LogP contribution in [0.25, 0.3) is 17.0 Å². The number of rotatable bonds is 6. The number of pyridine rings is 1. The first-order chi connectivity index (χ1) is 15.3. The van der Waals surface area contributed by atoms with Crippen LogP contribution in [-0.2, 0) is 6.54 Å². The number of nitrogens with one attached hydrogen (secondary N) is 2. The van der Waals surface area contributed by atoms with E-state index in [9.17, 15) is 0 Å². The molecule has 0 radical (unpaired) electrons. The van der Waals surface area contributed by atoms with E-state index < -0.39 is 0 Å². The molecule has 1 aliphatic carbocycles. The van der Waals surface area contributed by atoms with Crippen molar-refractivity contribution >= 4 is 28.9 Å². The molecule has 158 valence electrons. The van der Waals surface area contributed by atoms with Gasteiger partial charge >= 0.3 is 0 Å². The monoisotopic (exact) mass is 432 g/mol. The summed E-state index contributed by atoms with van der Waals surface area (Å²) in [5.74, 6) is 1.66. The van der Waals surface area contributed by atoms with E-state index in [0.29, 0.717) is 12.6 Å². The smallest absolute Gasteiger partial charge is 0.180 e. The van der Waals surface area contributed by atoms with Gasteiger partial charge in [0, 0.05) is 30.0 Å². The van der Waals surface area contributed by atoms with Gasteiger partial charge in [-0.05, 0) is 42.7 Å². The molecule has 2 N–H and O–H groups in total. The summed E-state index contributed by atoms with van der Waals surface area (Å²) in [5, 5.41) is 7.73. The summed E-state index contributed by atoms with van der Waals surface area (Å²) in [5.41, 5.74) is 3.79. The van der Waals surface area contributed by atoms with Crippen molar-refractivity contribution in [1.82, 2.24) is 19.4 Å². The lowest BCUT2D eigenvalue weighted by Crippen LogP contribution is -2.23. The molecule has 0 saturated heterocycles. The van der Waals surface area contributed by atoms with Gasteiger partial charge in [0.2, 0.25) is 0 Å². The summed E-state index contributed by atoms with van der Waals surface area (Å²) in [7, 11) is 0. The Kier molecular flexibility index (Phi) is 5.71. The molecule has 0 aliphatic heterocycles. The summed E-state index contributed by atoms with van der Waals surface area (Å²) in [6, 6.07) is 14.3. The van der Waals surface area contributed by atoms with Crippen LogP contribution in [0, 0.1) is 0 Å². The molecule has 1 aromatic carbocycles. The van der Waals surface area contributed by atoms with Gasteiger partial charge in [0.25, 0.3) is 0 Å². The van der Waals surface area contributed by atoms with Gasteiger partial charge < -0.3 is 10.6 Å². The van der Waals surface area contributed by atoms with Gasteiger partial charge in [-0.3, -0.25) is 4.40 Å². The largest absolute Gasteiger partial charge is 0.366 e. The van der Waals surface area contributed by atoms with Gasteiger partial charge in [-0.2, -0.15) is 0 Å². The number of fused-ring (bicyclic) bond motifs is 1. The molecule has 3 heterocycles. The highest BCUT2D eigenvalue weighted by Gasteiger charge is 2.17. The zero-order chi connectivity index (χ0) is 21.0. The Morgan fingerprint density at radius 1 is 1.00 bits per heavy atom. The molecule has 4 aromatic rings. The van der Waals surface area contributed by atoms with Crippen LogP contribution in [0.2, 0.25) is 5.02 Å². The lowest BCUT2D eigenvalue weighted by molar-refractivity contribution is 0.462. The molecule has 0 amide bonds. The van der Waals surface area contributed by atoms with Crippen molar-refractivity contribution < 1.29 is 0 Å². The maximum absolute atomic E-state index is 5.97. The Labute approximate surface area is 186 Å². The minimum atomic E-state index is 0.478. The Balaban J connectivity index is 1.37. The molecule has 0 spiro atoms. The molecule has 5 rings (SSSR count). The summed E-state index contributed by atoms with van der Waals surface area (Å²) >= 11 is 5.97. The molecule has 7 heteroatoms. The first kappa shape index (κ1) is 19.8. The number of hydrogen-bond donors (Lipinski definition) is 2. The van der Waals surface area contributed by atoms with Crippen LogP contribution in [0.15, 0.2) is 61.1 Å². The molecule has 1 aliphatic rings. The minimum Gasteiger partial charge on any atom is -0.366 e. The Hall–Kier alpha value is -3.12. The van der Waals surface area contributed by atoms with Crippen molar-refractivity contribution in [2.45, 2.75) is 44.7 Å². The van der Waals surface area contributed by atoms with Gasteiger partial charge in [-0.15, -0.1) is 0 Å². The third kappa shape index (κ3) is 4.49. The molecule has 6 nitrogen and oxygen atoms in total. The van der Waals surface area contributed by atoms with Gasteiger partial charge in [0.05, 0.1) is 17.6 Å². The number of halogens is 1. The third-order valence-electron chi connectivity index (χ3n) is 5.77. The topological polar surface area (TPSA) is 67.1 Å². The highest BCUT2D eigenvalue weighted by molar-refractivity contribution is 6.30. The average Bonchev–Trinajstić information content (AvgIpc) is 3.25. The number of anilines is 2. The Bertz CT molecular complexity index is 1160. The average molecular weight is 433 g/mol. The predicted molar refractivity (Wildman–Crippen MR) is 125 cm³/mol. The van der Waals surface area contributed by atoms with E-state index in [1.807, 2.05) is 61.1 Å². The SMILES string of the molecule is Clc1ccc(CNc2cccc(-c3cnc4c(NC5CCCCC5)nccn34)n2)cc1. The van der Waals surface area contributed by atoms with Crippen molar-refractivity contribution in [2.24, 2.45) is 0 Å². The van der Waals surface area contributed by atoms with Crippen LogP contribution in [0.1, 0.15) is 37.7 Å². The standard InChI is InChI=1S/C24H25ClN6/c25-18-11-9-17(10-12-18)15-27-22-8-4-7-20(30-22)21-16-28-24-23(26-13-14-31(21)24)29-19-5-2-1-3-6-19/h4,7-14,16,19H,1-3,5-6,15H2,(H,26,29)(H,27,30). The predicted octanol–water partition coefficient (Wildman–Crippen LogP) is 5.80. The number of benzene rings is 1. The molecular formula is C24H25ClN6. The molecule has 31 heavy (non-hydrogen) atoms. The molecule has 1 fully saturated rings. The summed E-state index contributed by atoms with van der Waals surface area (Å²) < 4.78 is 2.06. The highest BCUT2D eigenvalue weighted by atomic mass is 35.5. The van der Waals surface area contributed by atoms with E-state index in [1.165, 1.54) is 32.1 Å². The van der Waals surface area contributed by atoms with Gasteiger partial charge in [-0.25, -0.2) is 15.0 Å². The van der Waals surface area contributed by atoms with Crippen molar-refractivity contribution in [3.63, 3.8) is 0 Å².